The number of thiocarbonyl (C=S) groups is 1. The normalized spacial score (nSPS) is 10.3. The predicted molar refractivity (Wildman–Crippen MR) is 93.9 cm³/mol. The van der Waals surface area contributed by atoms with Gasteiger partial charge in [-0.3, -0.25) is 10.2 Å². The van der Waals surface area contributed by atoms with Gasteiger partial charge in [0.05, 0.1) is 13.3 Å². The molecule has 0 saturated carbocycles. The van der Waals surface area contributed by atoms with E-state index < -0.39 is 5.91 Å². The number of hydrazone groups is 1. The lowest BCUT2D eigenvalue weighted by Crippen LogP contribution is -2.32. The summed E-state index contributed by atoms with van der Waals surface area (Å²) in [6.07, 6.45) is 3.76. The molecule has 1 amide bonds. The molecule has 7 nitrogen and oxygen atoms in total. The number of nitrogens with two attached hydrogens (primary N) is 1. The third kappa shape index (κ3) is 7.46. The molecule has 0 heterocycles. The molecule has 4 N–H and O–H groups in total. The van der Waals surface area contributed by atoms with E-state index in [0.29, 0.717) is 16.6 Å². The van der Waals surface area contributed by atoms with Crippen molar-refractivity contribution in [1.82, 2.24) is 10.7 Å². The number of unbranched alkanes of at least 4 members (excludes halogenated alkanes) is 1. The quantitative estimate of drug-likeness (QED) is 0.270. The molecule has 0 aliphatic heterocycles. The fourth-order valence-corrected chi connectivity index (χ4v) is 1.77. The Morgan fingerprint density at radius 2 is 2.22 bits per heavy atom. The topological polar surface area (TPSA) is 98.0 Å². The smallest absolute Gasteiger partial charge is 0.255 e. The fourth-order valence-electron chi connectivity index (χ4n) is 1.62. The summed E-state index contributed by atoms with van der Waals surface area (Å²) in [5.41, 5.74) is 8.57. The molecule has 0 fully saturated rings. The van der Waals surface area contributed by atoms with Gasteiger partial charge in [-0.2, -0.15) is 5.10 Å². The van der Waals surface area contributed by atoms with E-state index in [0.717, 1.165) is 24.9 Å². The van der Waals surface area contributed by atoms with Crippen molar-refractivity contribution < 1.29 is 14.3 Å². The summed E-state index contributed by atoms with van der Waals surface area (Å²) in [4.78, 5) is 10.7. The molecule has 0 saturated heterocycles. The van der Waals surface area contributed by atoms with Gasteiger partial charge in [0, 0.05) is 6.54 Å². The maximum atomic E-state index is 10.7. The number of methoxy groups -OCH3 is 1. The highest BCUT2D eigenvalue weighted by atomic mass is 32.1. The lowest BCUT2D eigenvalue weighted by Gasteiger charge is -2.10. The maximum absolute atomic E-state index is 10.7. The zero-order valence-electron chi connectivity index (χ0n) is 13.3. The second-order valence-corrected chi connectivity index (χ2v) is 5.05. The Morgan fingerprint density at radius 3 is 2.87 bits per heavy atom. The third-order valence-corrected chi connectivity index (χ3v) is 2.99. The minimum absolute atomic E-state index is 0.205. The van der Waals surface area contributed by atoms with Crippen LogP contribution in [-0.4, -0.2) is 37.5 Å². The highest BCUT2D eigenvalue weighted by Crippen LogP contribution is 2.27. The van der Waals surface area contributed by atoms with Crippen LogP contribution in [0.15, 0.2) is 23.3 Å². The van der Waals surface area contributed by atoms with Gasteiger partial charge in [-0.25, -0.2) is 0 Å². The number of hydrogen-bond acceptors (Lipinski definition) is 5. The van der Waals surface area contributed by atoms with Crippen LogP contribution in [0.4, 0.5) is 0 Å². The number of amides is 1. The van der Waals surface area contributed by atoms with Crippen molar-refractivity contribution in [2.45, 2.75) is 19.8 Å². The van der Waals surface area contributed by atoms with E-state index in [1.54, 1.807) is 24.4 Å². The van der Waals surface area contributed by atoms with Crippen molar-refractivity contribution in [3.8, 4) is 11.5 Å². The summed E-state index contributed by atoms with van der Waals surface area (Å²) in [7, 11) is 1.51. The number of ether oxygens (including phenoxy) is 2. The van der Waals surface area contributed by atoms with Crippen LogP contribution in [0.1, 0.15) is 25.3 Å². The van der Waals surface area contributed by atoms with Gasteiger partial charge >= 0.3 is 0 Å². The summed E-state index contributed by atoms with van der Waals surface area (Å²) in [6, 6.07) is 5.19. The molecule has 1 aromatic rings. The molecule has 126 valence electrons. The van der Waals surface area contributed by atoms with Gasteiger partial charge in [-0.1, -0.05) is 13.3 Å². The monoisotopic (exact) mass is 338 g/mol. The molecular formula is C15H22N4O3S. The molecule has 0 aliphatic carbocycles. The summed E-state index contributed by atoms with van der Waals surface area (Å²) in [6.45, 7) is 2.72. The van der Waals surface area contributed by atoms with Crippen LogP contribution in [0.25, 0.3) is 0 Å². The third-order valence-electron chi connectivity index (χ3n) is 2.75. The summed E-state index contributed by atoms with van der Waals surface area (Å²) < 4.78 is 10.5. The van der Waals surface area contributed by atoms with Crippen LogP contribution in [-0.2, 0) is 4.79 Å². The summed E-state index contributed by atoms with van der Waals surface area (Å²) >= 11 is 5.09. The number of hydrogen-bond donors (Lipinski definition) is 3. The van der Waals surface area contributed by atoms with Crippen LogP contribution in [0.2, 0.25) is 0 Å². The largest absolute Gasteiger partial charge is 0.493 e. The molecule has 0 bridgehead atoms. The van der Waals surface area contributed by atoms with Crippen LogP contribution in [0.3, 0.4) is 0 Å². The van der Waals surface area contributed by atoms with E-state index in [4.69, 9.17) is 27.4 Å². The lowest BCUT2D eigenvalue weighted by molar-refractivity contribution is -0.119. The van der Waals surface area contributed by atoms with E-state index in [2.05, 4.69) is 22.8 Å². The minimum atomic E-state index is -0.550. The Bertz CT molecular complexity index is 564. The Balaban J connectivity index is 2.58. The standard InChI is InChI=1S/C15H22N4O3S/c1-3-4-7-17-15(23)19-18-9-11-5-6-12(13(8-11)21-2)22-10-14(16)20/h5-6,8-9H,3-4,7,10H2,1-2H3,(H2,16,20)(H2,17,19,23)/b18-9-. The first-order valence-electron chi connectivity index (χ1n) is 7.22. The Hall–Kier alpha value is -2.35. The van der Waals surface area contributed by atoms with Gasteiger partial charge in [0.2, 0.25) is 0 Å². The van der Waals surface area contributed by atoms with E-state index in [9.17, 15) is 4.79 Å². The van der Waals surface area contributed by atoms with Gasteiger partial charge in [0.25, 0.3) is 5.91 Å². The molecule has 0 spiro atoms. The number of primary amides is 1. The van der Waals surface area contributed by atoms with E-state index in [1.165, 1.54) is 7.11 Å². The average Bonchev–Trinajstić information content (AvgIpc) is 2.53. The van der Waals surface area contributed by atoms with Crippen molar-refractivity contribution >= 4 is 29.5 Å². The first-order valence-corrected chi connectivity index (χ1v) is 7.63. The molecule has 0 unspecified atom stereocenters. The average molecular weight is 338 g/mol. The molecule has 23 heavy (non-hydrogen) atoms. The van der Waals surface area contributed by atoms with Crippen molar-refractivity contribution in [3.05, 3.63) is 23.8 Å². The maximum Gasteiger partial charge on any atom is 0.255 e. The zero-order chi connectivity index (χ0) is 17.1. The number of carbonyl (C=O) groups is 1. The van der Waals surface area contributed by atoms with Crippen molar-refractivity contribution in [2.24, 2.45) is 10.8 Å². The van der Waals surface area contributed by atoms with Crippen LogP contribution in [0, 0.1) is 0 Å². The summed E-state index contributed by atoms with van der Waals surface area (Å²) in [5, 5.41) is 7.57. The van der Waals surface area contributed by atoms with Crippen molar-refractivity contribution in [2.75, 3.05) is 20.3 Å². The first kappa shape index (κ1) is 18.7. The first-order chi connectivity index (χ1) is 11.1. The predicted octanol–water partition coefficient (Wildman–Crippen LogP) is 1.16. The number of carbonyl (C=O) groups excluding carboxylic acids is 1. The van der Waals surface area contributed by atoms with E-state index >= 15 is 0 Å². The molecule has 0 atom stereocenters. The highest BCUT2D eigenvalue weighted by Gasteiger charge is 2.06. The van der Waals surface area contributed by atoms with Gasteiger partial charge < -0.3 is 20.5 Å². The van der Waals surface area contributed by atoms with Gasteiger partial charge in [0.1, 0.15) is 0 Å². The van der Waals surface area contributed by atoms with E-state index in [-0.39, 0.29) is 6.61 Å². The second kappa shape index (κ2) is 10.4. The SMILES string of the molecule is CCCCNC(=S)N/N=C\c1ccc(OCC(N)=O)c(OC)c1. The summed E-state index contributed by atoms with van der Waals surface area (Å²) in [5.74, 6) is 0.373. The number of benzene rings is 1. The number of nitrogens with one attached hydrogen (secondary N) is 2. The zero-order valence-corrected chi connectivity index (χ0v) is 14.1. The molecule has 1 aromatic carbocycles. The number of rotatable bonds is 9. The van der Waals surface area contributed by atoms with Crippen molar-refractivity contribution in [1.29, 1.82) is 0 Å². The second-order valence-electron chi connectivity index (χ2n) is 4.64. The fraction of sp³-hybridized carbons (Fsp3) is 0.400. The minimum Gasteiger partial charge on any atom is -0.493 e. The van der Waals surface area contributed by atoms with Gasteiger partial charge in [-0.15, -0.1) is 0 Å². The van der Waals surface area contributed by atoms with Gasteiger partial charge in [-0.05, 0) is 42.4 Å². The Kier molecular flexibility index (Phi) is 8.45. The van der Waals surface area contributed by atoms with Crippen LogP contribution >= 0.6 is 12.2 Å². The Morgan fingerprint density at radius 1 is 1.43 bits per heavy atom. The molecule has 0 aliphatic rings. The molecular weight excluding hydrogens is 316 g/mol. The molecule has 0 radical (unpaired) electrons. The van der Waals surface area contributed by atoms with Crippen LogP contribution < -0.4 is 25.9 Å². The highest BCUT2D eigenvalue weighted by molar-refractivity contribution is 7.80. The van der Waals surface area contributed by atoms with Gasteiger partial charge in [0.15, 0.2) is 23.2 Å². The molecule has 0 aromatic heterocycles. The number of nitrogens with zero attached hydrogens (tertiary/aromatic N) is 1. The van der Waals surface area contributed by atoms with Crippen molar-refractivity contribution in [3.63, 3.8) is 0 Å². The van der Waals surface area contributed by atoms with Crippen LogP contribution in [0.5, 0.6) is 11.5 Å². The molecule has 1 rings (SSSR count). The lowest BCUT2D eigenvalue weighted by atomic mass is 10.2. The Labute approximate surface area is 141 Å². The molecule has 8 heteroatoms. The van der Waals surface area contributed by atoms with E-state index in [1.807, 2.05) is 0 Å².